The molecule has 0 aromatic heterocycles. The number of nitrogens with one attached hydrogen (secondary N) is 3. The number of esters is 1. The van der Waals surface area contributed by atoms with Gasteiger partial charge in [0.25, 0.3) is 0 Å². The number of carbonyl (C=O) groups is 5. The molecule has 12 heteroatoms. The van der Waals surface area contributed by atoms with Crippen molar-refractivity contribution < 1.29 is 38.2 Å². The maximum absolute atomic E-state index is 13.3. The second-order valence-electron chi connectivity index (χ2n) is 14.1. The zero-order chi connectivity index (χ0) is 33.3. The minimum atomic E-state index is -1.17. The topological polar surface area (TPSA) is 175 Å². The van der Waals surface area contributed by atoms with E-state index in [2.05, 4.69) is 16.0 Å². The highest BCUT2D eigenvalue weighted by atomic mass is 16.6. The maximum Gasteiger partial charge on any atom is 0.408 e. The Hall–Kier alpha value is -3.83. The van der Waals surface area contributed by atoms with Gasteiger partial charge in [0.15, 0.2) is 0 Å². The lowest BCUT2D eigenvalue weighted by Crippen LogP contribution is -2.52. The minimum Gasteiger partial charge on any atom is -0.459 e. The molecule has 4 bridgehead atoms. The maximum atomic E-state index is 13.3. The lowest BCUT2D eigenvalue weighted by Gasteiger charge is -2.53. The van der Waals surface area contributed by atoms with Crippen LogP contribution in [-0.4, -0.2) is 60.3 Å². The van der Waals surface area contributed by atoms with Crippen LogP contribution in [0.15, 0.2) is 30.3 Å². The molecule has 1 aromatic rings. The van der Waals surface area contributed by atoms with E-state index in [4.69, 9.17) is 19.9 Å². The minimum absolute atomic E-state index is 0.00331. The van der Waals surface area contributed by atoms with Crippen molar-refractivity contribution in [3.8, 4) is 0 Å². The third-order valence-corrected chi connectivity index (χ3v) is 9.08. The number of primary amides is 1. The normalized spacial score (nSPS) is 24.3. The second kappa shape index (κ2) is 16.1. The molecule has 4 fully saturated rings. The molecule has 4 amide bonds. The molecule has 0 unspecified atom stereocenters. The zero-order valence-electron chi connectivity index (χ0n) is 27.3. The van der Waals surface area contributed by atoms with Crippen LogP contribution < -0.4 is 21.7 Å². The van der Waals surface area contributed by atoms with E-state index < -0.39 is 47.7 Å². The first kappa shape index (κ1) is 35.0. The highest BCUT2D eigenvalue weighted by Gasteiger charge is 2.50. The molecule has 254 valence electrons. The third-order valence-electron chi connectivity index (χ3n) is 9.08. The van der Waals surface area contributed by atoms with E-state index in [9.17, 15) is 24.0 Å². The van der Waals surface area contributed by atoms with Crippen molar-refractivity contribution in [2.24, 2.45) is 29.4 Å². The van der Waals surface area contributed by atoms with Gasteiger partial charge in [-0.25, -0.2) is 14.4 Å². The van der Waals surface area contributed by atoms with Crippen molar-refractivity contribution in [2.75, 3.05) is 6.54 Å². The summed E-state index contributed by atoms with van der Waals surface area (Å²) < 4.78 is 16.7. The van der Waals surface area contributed by atoms with E-state index in [1.165, 1.54) is 6.42 Å². The Balaban J connectivity index is 1.29. The van der Waals surface area contributed by atoms with Crippen LogP contribution in [0, 0.1) is 23.7 Å². The van der Waals surface area contributed by atoms with Crippen LogP contribution in [0.25, 0.3) is 0 Å². The highest BCUT2D eigenvalue weighted by Crippen LogP contribution is 2.54. The molecule has 1 aromatic carbocycles. The lowest BCUT2D eigenvalue weighted by molar-refractivity contribution is -0.149. The molecule has 46 heavy (non-hydrogen) atoms. The molecule has 0 saturated heterocycles. The molecule has 5 N–H and O–H groups in total. The van der Waals surface area contributed by atoms with Gasteiger partial charge < -0.3 is 35.9 Å². The van der Waals surface area contributed by atoms with Crippen LogP contribution in [-0.2, 0) is 35.2 Å². The number of amides is 4. The van der Waals surface area contributed by atoms with E-state index in [1.807, 2.05) is 30.3 Å². The van der Waals surface area contributed by atoms with Crippen molar-refractivity contribution in [3.63, 3.8) is 0 Å². The predicted octanol–water partition coefficient (Wildman–Crippen LogP) is 4.09. The molecular formula is C34H50N4O8. The van der Waals surface area contributed by atoms with Crippen LogP contribution >= 0.6 is 0 Å². The number of hydrogen-bond acceptors (Lipinski definition) is 8. The average Bonchev–Trinajstić information content (AvgIpc) is 2.98. The van der Waals surface area contributed by atoms with Gasteiger partial charge >= 0.3 is 18.2 Å². The average molecular weight is 643 g/mol. The zero-order valence-corrected chi connectivity index (χ0v) is 27.3. The number of ether oxygens (including phenoxy) is 3. The first-order valence-corrected chi connectivity index (χ1v) is 16.6. The van der Waals surface area contributed by atoms with Crippen molar-refractivity contribution in [3.05, 3.63) is 35.9 Å². The summed E-state index contributed by atoms with van der Waals surface area (Å²) >= 11 is 0. The number of unbranched alkanes of at least 4 members (excludes halogenated alkanes) is 1. The van der Waals surface area contributed by atoms with Gasteiger partial charge in [-0.3, -0.25) is 9.59 Å². The standard InChI is InChI=1S/C34H50N4O8/c1-34(2,3)46-33(43)38-26(12-13-28(35)39)30(40)37-27(31(41)44-20-21-9-5-4-6-10-21)11-7-8-14-36-32(42)45-29-24-16-22-15-23(18-24)19-25(29)17-22/h4-6,9-10,22-27,29H,7-8,11-20H2,1-3H3,(H2,35,39)(H,36,42)(H,37,40)(H,38,43)/t22?,23?,24?,25?,26-,27-,29?/m0/s1. The van der Waals surface area contributed by atoms with E-state index >= 15 is 0 Å². The van der Waals surface area contributed by atoms with E-state index in [0.29, 0.717) is 31.2 Å². The van der Waals surface area contributed by atoms with Gasteiger partial charge in [0.1, 0.15) is 30.4 Å². The fourth-order valence-corrected chi connectivity index (χ4v) is 7.25. The van der Waals surface area contributed by atoms with E-state index in [1.54, 1.807) is 20.8 Å². The van der Waals surface area contributed by atoms with E-state index in [0.717, 1.165) is 43.1 Å². The fraction of sp³-hybridized carbons (Fsp3) is 0.676. The van der Waals surface area contributed by atoms with Crippen molar-refractivity contribution >= 4 is 30.0 Å². The molecule has 4 aliphatic rings. The van der Waals surface area contributed by atoms with Crippen LogP contribution in [0.5, 0.6) is 0 Å². The number of hydrogen-bond donors (Lipinski definition) is 4. The summed E-state index contributed by atoms with van der Waals surface area (Å²) in [5.41, 5.74) is 5.26. The largest absolute Gasteiger partial charge is 0.459 e. The number of carbonyl (C=O) groups excluding carboxylic acids is 5. The molecule has 4 aliphatic carbocycles. The van der Waals surface area contributed by atoms with Gasteiger partial charge in [-0.05, 0) is 108 Å². The SMILES string of the molecule is CC(C)(C)OC(=O)N[C@@H](CCC(N)=O)C(=O)N[C@@H](CCCCNC(=O)OC1C2CC3CC(C2)CC1C3)C(=O)OCc1ccccc1. The molecule has 12 nitrogen and oxygen atoms in total. The Morgan fingerprint density at radius 3 is 2.11 bits per heavy atom. The highest BCUT2D eigenvalue weighted by molar-refractivity contribution is 5.90. The second-order valence-corrected chi connectivity index (χ2v) is 14.1. The fourth-order valence-electron chi connectivity index (χ4n) is 7.25. The molecule has 2 atom stereocenters. The van der Waals surface area contributed by atoms with Crippen molar-refractivity contribution in [1.82, 2.24) is 16.0 Å². The molecule has 4 saturated carbocycles. The van der Waals surface area contributed by atoms with Gasteiger partial charge in [0.05, 0.1) is 0 Å². The number of alkyl carbamates (subject to hydrolysis) is 2. The van der Waals surface area contributed by atoms with Crippen LogP contribution in [0.4, 0.5) is 9.59 Å². The monoisotopic (exact) mass is 642 g/mol. The van der Waals surface area contributed by atoms with Gasteiger partial charge in [0, 0.05) is 13.0 Å². The molecule has 0 radical (unpaired) electrons. The number of rotatable bonds is 15. The predicted molar refractivity (Wildman–Crippen MR) is 169 cm³/mol. The first-order valence-electron chi connectivity index (χ1n) is 16.6. The van der Waals surface area contributed by atoms with Crippen LogP contribution in [0.3, 0.4) is 0 Å². The molecule has 0 heterocycles. The quantitative estimate of drug-likeness (QED) is 0.126. The Kier molecular flexibility index (Phi) is 12.3. The van der Waals surface area contributed by atoms with Gasteiger partial charge in [-0.15, -0.1) is 0 Å². The molecular weight excluding hydrogens is 592 g/mol. The lowest BCUT2D eigenvalue weighted by atomic mass is 9.55. The number of benzene rings is 1. The Morgan fingerprint density at radius 2 is 1.50 bits per heavy atom. The van der Waals surface area contributed by atoms with Crippen LogP contribution in [0.2, 0.25) is 0 Å². The Morgan fingerprint density at radius 1 is 0.848 bits per heavy atom. The summed E-state index contributed by atoms with van der Waals surface area (Å²) in [6.45, 7) is 5.42. The summed E-state index contributed by atoms with van der Waals surface area (Å²) in [5.74, 6) is 0.588. The molecule has 0 aliphatic heterocycles. The molecule has 0 spiro atoms. The van der Waals surface area contributed by atoms with Crippen LogP contribution in [0.1, 0.15) is 90.5 Å². The summed E-state index contributed by atoms with van der Waals surface area (Å²) in [7, 11) is 0. The summed E-state index contributed by atoms with van der Waals surface area (Å²) in [6, 6.07) is 6.94. The summed E-state index contributed by atoms with van der Waals surface area (Å²) in [4.78, 5) is 63.0. The van der Waals surface area contributed by atoms with E-state index in [-0.39, 0.29) is 32.0 Å². The van der Waals surface area contributed by atoms with Gasteiger partial charge in [0.2, 0.25) is 11.8 Å². The van der Waals surface area contributed by atoms with Gasteiger partial charge in [-0.1, -0.05) is 30.3 Å². The Labute approximate surface area is 271 Å². The van der Waals surface area contributed by atoms with Crippen molar-refractivity contribution in [2.45, 2.75) is 115 Å². The Bertz CT molecular complexity index is 1190. The number of nitrogens with two attached hydrogens (primary N) is 1. The summed E-state index contributed by atoms with van der Waals surface area (Å²) in [6.07, 6.45) is 5.73. The summed E-state index contributed by atoms with van der Waals surface area (Å²) in [5, 5.41) is 8.01. The first-order chi connectivity index (χ1) is 21.9. The smallest absolute Gasteiger partial charge is 0.408 e. The van der Waals surface area contributed by atoms with Gasteiger partial charge in [-0.2, -0.15) is 0 Å². The van der Waals surface area contributed by atoms with Crippen molar-refractivity contribution in [1.29, 1.82) is 0 Å². The third kappa shape index (κ3) is 10.9. The molecule has 5 rings (SSSR count).